The fourth-order valence-electron chi connectivity index (χ4n) is 1.60. The average molecular weight is 257 g/mol. The fraction of sp³-hybridized carbons (Fsp3) is 0.417. The van der Waals surface area contributed by atoms with E-state index in [1.807, 2.05) is 6.92 Å². The van der Waals surface area contributed by atoms with Crippen molar-refractivity contribution >= 4 is 23.2 Å². The number of nitrogens with two attached hydrogens (primary N) is 1. The molecule has 1 rings (SSSR count). The van der Waals surface area contributed by atoms with Gasteiger partial charge < -0.3 is 16.2 Å². The molecule has 0 saturated heterocycles. The van der Waals surface area contributed by atoms with E-state index in [4.69, 9.17) is 17.3 Å². The van der Waals surface area contributed by atoms with Gasteiger partial charge in [0.1, 0.15) is 0 Å². The number of benzene rings is 1. The maximum atomic E-state index is 11.9. The van der Waals surface area contributed by atoms with E-state index >= 15 is 0 Å². The molecule has 0 saturated carbocycles. The minimum absolute atomic E-state index is 0.125. The van der Waals surface area contributed by atoms with Crippen LogP contribution in [-0.2, 0) is 0 Å². The van der Waals surface area contributed by atoms with Crippen LogP contribution in [0.5, 0.6) is 0 Å². The van der Waals surface area contributed by atoms with Crippen LogP contribution in [0.3, 0.4) is 0 Å². The van der Waals surface area contributed by atoms with Gasteiger partial charge in [0, 0.05) is 6.04 Å². The molecule has 4 N–H and O–H groups in total. The number of carbonyl (C=O) groups excluding carboxylic acids is 1. The summed E-state index contributed by atoms with van der Waals surface area (Å²) in [5.41, 5.74) is 6.35. The van der Waals surface area contributed by atoms with Crippen LogP contribution in [0, 0.1) is 0 Å². The quantitative estimate of drug-likeness (QED) is 0.719. The molecule has 2 unspecified atom stereocenters. The average Bonchev–Trinajstić information content (AvgIpc) is 2.20. The van der Waals surface area contributed by atoms with E-state index in [1.54, 1.807) is 25.1 Å². The first kappa shape index (κ1) is 13.8. The van der Waals surface area contributed by atoms with Crippen molar-refractivity contribution in [1.29, 1.82) is 0 Å². The van der Waals surface area contributed by atoms with Crippen LogP contribution in [0.25, 0.3) is 0 Å². The lowest BCUT2D eigenvalue weighted by Crippen LogP contribution is -2.34. The molecule has 0 aliphatic carbocycles. The zero-order valence-electron chi connectivity index (χ0n) is 9.90. The number of carbonyl (C=O) groups is 1. The van der Waals surface area contributed by atoms with Crippen molar-refractivity contribution in [3.8, 4) is 0 Å². The Bertz CT molecular complexity index is 407. The number of hydrogen-bond donors (Lipinski definition) is 3. The highest BCUT2D eigenvalue weighted by molar-refractivity contribution is 6.36. The lowest BCUT2D eigenvalue weighted by atomic mass is 10.1. The van der Waals surface area contributed by atoms with Crippen molar-refractivity contribution in [2.75, 3.05) is 5.73 Å². The molecule has 0 bridgehead atoms. The summed E-state index contributed by atoms with van der Waals surface area (Å²) < 4.78 is 0. The lowest BCUT2D eigenvalue weighted by molar-refractivity contribution is 0.0923. The fourth-order valence-corrected chi connectivity index (χ4v) is 1.81. The molecule has 17 heavy (non-hydrogen) atoms. The van der Waals surface area contributed by atoms with Crippen molar-refractivity contribution in [2.24, 2.45) is 0 Å². The summed E-state index contributed by atoms with van der Waals surface area (Å²) in [5.74, 6) is -0.282. The van der Waals surface area contributed by atoms with Crippen molar-refractivity contribution < 1.29 is 9.90 Å². The first-order chi connectivity index (χ1) is 7.91. The van der Waals surface area contributed by atoms with E-state index in [-0.39, 0.29) is 17.0 Å². The SMILES string of the molecule is CC(O)CC(C)NC(=O)c1cccc(N)c1Cl. The van der Waals surface area contributed by atoms with E-state index in [0.717, 1.165) is 0 Å². The molecule has 1 aromatic carbocycles. The van der Waals surface area contributed by atoms with E-state index in [2.05, 4.69) is 5.32 Å². The summed E-state index contributed by atoms with van der Waals surface area (Å²) in [4.78, 5) is 11.9. The van der Waals surface area contributed by atoms with Crippen LogP contribution in [-0.4, -0.2) is 23.2 Å². The molecule has 0 aliphatic heterocycles. The normalized spacial score (nSPS) is 14.1. The van der Waals surface area contributed by atoms with E-state index < -0.39 is 6.10 Å². The highest BCUT2D eigenvalue weighted by Gasteiger charge is 2.15. The molecule has 94 valence electrons. The Morgan fingerprint density at radius 3 is 2.76 bits per heavy atom. The van der Waals surface area contributed by atoms with Crippen LogP contribution >= 0.6 is 11.6 Å². The van der Waals surface area contributed by atoms with Crippen LogP contribution in [0.15, 0.2) is 18.2 Å². The predicted molar refractivity (Wildman–Crippen MR) is 69.1 cm³/mol. The van der Waals surface area contributed by atoms with E-state index in [0.29, 0.717) is 17.7 Å². The first-order valence-electron chi connectivity index (χ1n) is 5.44. The molecule has 2 atom stereocenters. The van der Waals surface area contributed by atoms with Crippen molar-refractivity contribution in [2.45, 2.75) is 32.4 Å². The van der Waals surface area contributed by atoms with Gasteiger partial charge in [-0.05, 0) is 32.4 Å². The Labute approximate surface area is 106 Å². The second kappa shape index (κ2) is 5.89. The number of hydrogen-bond acceptors (Lipinski definition) is 3. The Balaban J connectivity index is 2.73. The number of nitrogen functional groups attached to an aromatic ring is 1. The minimum Gasteiger partial charge on any atom is -0.398 e. The first-order valence-corrected chi connectivity index (χ1v) is 5.82. The second-order valence-corrected chi connectivity index (χ2v) is 4.55. The predicted octanol–water partition coefficient (Wildman–Crippen LogP) is 1.81. The van der Waals surface area contributed by atoms with Gasteiger partial charge in [-0.1, -0.05) is 17.7 Å². The molecule has 4 nitrogen and oxygen atoms in total. The maximum absolute atomic E-state index is 11.9. The van der Waals surface area contributed by atoms with E-state index in [9.17, 15) is 9.90 Å². The van der Waals surface area contributed by atoms with Gasteiger partial charge in [0.05, 0.1) is 22.4 Å². The molecule has 0 spiro atoms. The summed E-state index contributed by atoms with van der Waals surface area (Å²) in [6.45, 7) is 3.50. The monoisotopic (exact) mass is 256 g/mol. The smallest absolute Gasteiger partial charge is 0.253 e. The third-order valence-corrected chi connectivity index (χ3v) is 2.77. The third-order valence-electron chi connectivity index (χ3n) is 2.35. The van der Waals surface area contributed by atoms with E-state index in [1.165, 1.54) is 0 Å². The number of rotatable bonds is 4. The highest BCUT2D eigenvalue weighted by Crippen LogP contribution is 2.22. The van der Waals surface area contributed by atoms with Gasteiger partial charge in [0.2, 0.25) is 0 Å². The van der Waals surface area contributed by atoms with Crippen molar-refractivity contribution in [1.82, 2.24) is 5.32 Å². The van der Waals surface area contributed by atoms with Crippen LogP contribution in [0.1, 0.15) is 30.6 Å². The molecule has 0 fully saturated rings. The standard InChI is InChI=1S/C12H17ClN2O2/c1-7(6-8(2)16)15-12(17)9-4-3-5-10(14)11(9)13/h3-5,7-8,16H,6,14H2,1-2H3,(H,15,17). The van der Waals surface area contributed by atoms with Gasteiger partial charge in [0.25, 0.3) is 5.91 Å². The summed E-state index contributed by atoms with van der Waals surface area (Å²) in [7, 11) is 0. The number of aliphatic hydroxyl groups is 1. The summed E-state index contributed by atoms with van der Waals surface area (Å²) in [6, 6.07) is 4.80. The Morgan fingerprint density at radius 1 is 1.53 bits per heavy atom. The second-order valence-electron chi connectivity index (χ2n) is 4.17. The summed E-state index contributed by atoms with van der Waals surface area (Å²) >= 11 is 5.94. The molecular formula is C12H17ClN2O2. The van der Waals surface area contributed by atoms with Gasteiger partial charge in [-0.2, -0.15) is 0 Å². The lowest BCUT2D eigenvalue weighted by Gasteiger charge is -2.16. The molecule has 0 heterocycles. The third kappa shape index (κ3) is 3.91. The molecule has 1 aromatic rings. The van der Waals surface area contributed by atoms with Gasteiger partial charge >= 0.3 is 0 Å². The number of anilines is 1. The number of aliphatic hydroxyl groups excluding tert-OH is 1. The van der Waals surface area contributed by atoms with Gasteiger partial charge in [-0.15, -0.1) is 0 Å². The Kier molecular flexibility index (Phi) is 4.78. The van der Waals surface area contributed by atoms with Crippen molar-refractivity contribution in [3.05, 3.63) is 28.8 Å². The Hall–Kier alpha value is -1.26. The van der Waals surface area contributed by atoms with Gasteiger partial charge in [-0.25, -0.2) is 0 Å². The largest absolute Gasteiger partial charge is 0.398 e. The number of halogens is 1. The summed E-state index contributed by atoms with van der Waals surface area (Å²) in [5, 5.41) is 12.2. The molecule has 0 radical (unpaired) electrons. The van der Waals surface area contributed by atoms with Gasteiger partial charge in [0.15, 0.2) is 0 Å². The summed E-state index contributed by atoms with van der Waals surface area (Å²) in [6.07, 6.45) is 0.0349. The molecular weight excluding hydrogens is 240 g/mol. The Morgan fingerprint density at radius 2 is 2.18 bits per heavy atom. The van der Waals surface area contributed by atoms with Crippen LogP contribution in [0.2, 0.25) is 5.02 Å². The zero-order valence-corrected chi connectivity index (χ0v) is 10.7. The molecule has 0 aromatic heterocycles. The maximum Gasteiger partial charge on any atom is 0.253 e. The molecule has 1 amide bonds. The van der Waals surface area contributed by atoms with Crippen LogP contribution < -0.4 is 11.1 Å². The highest BCUT2D eigenvalue weighted by atomic mass is 35.5. The van der Waals surface area contributed by atoms with Gasteiger partial charge in [-0.3, -0.25) is 4.79 Å². The van der Waals surface area contributed by atoms with Crippen molar-refractivity contribution in [3.63, 3.8) is 0 Å². The van der Waals surface area contributed by atoms with Crippen LogP contribution in [0.4, 0.5) is 5.69 Å². The zero-order chi connectivity index (χ0) is 13.0. The molecule has 0 aliphatic rings. The molecule has 5 heteroatoms. The number of amides is 1. The minimum atomic E-state index is -0.457. The topological polar surface area (TPSA) is 75.3 Å². The number of nitrogens with one attached hydrogen (secondary N) is 1.